The molecule has 2 aliphatic carbocycles. The van der Waals surface area contributed by atoms with Crippen molar-refractivity contribution in [3.05, 3.63) is 30.1 Å². The number of ether oxygens (including phenoxy) is 1. The minimum atomic E-state index is -1.82. The molecule has 0 spiro atoms. The summed E-state index contributed by atoms with van der Waals surface area (Å²) >= 11 is 5.25. The Balaban J connectivity index is 0.000000377. The number of rotatable bonds is 5. The first-order chi connectivity index (χ1) is 14.4. The Morgan fingerprint density at radius 2 is 1.97 bits per heavy atom. The average molecular weight is 452 g/mol. The number of aliphatic carboxylic acids is 2. The van der Waals surface area contributed by atoms with Crippen molar-refractivity contribution in [2.45, 2.75) is 51.6 Å². The van der Waals surface area contributed by atoms with Crippen LogP contribution in [0.4, 0.5) is 0 Å². The average Bonchev–Trinajstić information content (AvgIpc) is 3.38. The summed E-state index contributed by atoms with van der Waals surface area (Å²) < 4.78 is 15.3. The molecule has 2 bridgehead atoms. The van der Waals surface area contributed by atoms with Crippen molar-refractivity contribution in [1.29, 1.82) is 0 Å². The summed E-state index contributed by atoms with van der Waals surface area (Å²) in [5.41, 5.74) is 2.19. The normalized spacial score (nSPS) is 28.9. The minimum absolute atomic E-state index is 0.281. The fourth-order valence-corrected chi connectivity index (χ4v) is 5.65. The van der Waals surface area contributed by atoms with Gasteiger partial charge in [-0.3, -0.25) is 4.98 Å². The highest BCUT2D eigenvalue weighted by Gasteiger charge is 2.48. The smallest absolute Gasteiger partial charge is 0.414 e. The third-order valence-corrected chi connectivity index (χ3v) is 6.76. The van der Waals surface area contributed by atoms with Gasteiger partial charge in [-0.15, -0.1) is 0 Å². The van der Waals surface area contributed by atoms with E-state index in [4.69, 9.17) is 35.7 Å². The van der Waals surface area contributed by atoms with Gasteiger partial charge in [0, 0.05) is 11.9 Å². The molecule has 8 nitrogen and oxygen atoms in total. The zero-order valence-electron chi connectivity index (χ0n) is 16.6. The van der Waals surface area contributed by atoms with Crippen LogP contribution in [0.2, 0.25) is 0 Å². The maximum atomic E-state index is 9.10. The molecule has 2 heterocycles. The summed E-state index contributed by atoms with van der Waals surface area (Å²) in [6, 6.07) is 6.20. The van der Waals surface area contributed by atoms with E-state index in [2.05, 4.69) is 32.8 Å². The van der Waals surface area contributed by atoms with Gasteiger partial charge < -0.3 is 14.9 Å². The lowest BCUT2D eigenvalue weighted by molar-refractivity contribution is -0.159. The van der Waals surface area contributed by atoms with Crippen molar-refractivity contribution in [3.63, 3.8) is 0 Å². The van der Waals surface area contributed by atoms with E-state index < -0.39 is 21.8 Å². The highest BCUT2D eigenvalue weighted by molar-refractivity contribution is 8.27. The van der Waals surface area contributed by atoms with Gasteiger partial charge in [0.05, 0.1) is 0 Å². The van der Waals surface area contributed by atoms with Gasteiger partial charge in [0.2, 0.25) is 5.90 Å². The van der Waals surface area contributed by atoms with Gasteiger partial charge in [-0.2, -0.15) is 8.80 Å². The fraction of sp³-hybridized carbons (Fsp3) is 0.550. The summed E-state index contributed by atoms with van der Waals surface area (Å²) in [6.07, 6.45) is 8.96. The Bertz CT molecular complexity index is 862. The highest BCUT2D eigenvalue weighted by Crippen LogP contribution is 2.50. The van der Waals surface area contributed by atoms with Gasteiger partial charge in [0.25, 0.3) is 0 Å². The standard InChI is InChI=1S/C18H23N3OS2.C2H2O4/c1-2-5-16-18(21-24(23)20-16)22-17-10-12-8-13(15(17)9-12)11-14-6-3-4-7-19-14;3-1(4)2(5)6/h3-4,6-7,12-13,15,17H,2,5,8-11H2,1H3;(H,3,4)(H,5,6). The third-order valence-electron chi connectivity index (χ3n) is 5.62. The van der Waals surface area contributed by atoms with Crippen LogP contribution in [0.3, 0.4) is 0 Å². The van der Waals surface area contributed by atoms with Crippen molar-refractivity contribution in [2.75, 3.05) is 0 Å². The van der Waals surface area contributed by atoms with E-state index in [9.17, 15) is 0 Å². The summed E-state index contributed by atoms with van der Waals surface area (Å²) in [6.45, 7) is 2.15. The summed E-state index contributed by atoms with van der Waals surface area (Å²) in [4.78, 5) is 22.7. The Labute approximate surface area is 182 Å². The van der Waals surface area contributed by atoms with Crippen LogP contribution < -0.4 is 0 Å². The van der Waals surface area contributed by atoms with E-state index in [1.807, 2.05) is 12.3 Å². The number of fused-ring (bicyclic) bond motifs is 2. The number of hydrogen-bond acceptors (Lipinski definition) is 5. The van der Waals surface area contributed by atoms with Crippen LogP contribution in [0.15, 0.2) is 33.2 Å². The molecule has 1 aromatic heterocycles. The van der Waals surface area contributed by atoms with Crippen LogP contribution >= 0.6 is 0 Å². The molecule has 0 amide bonds. The summed E-state index contributed by atoms with van der Waals surface area (Å²) in [5, 5.41) is 14.8. The molecular formula is C20H25N3O5S2. The Hall–Kier alpha value is -2.20. The number of hydrogen-bond donors (Lipinski definition) is 2. The van der Waals surface area contributed by atoms with Crippen LogP contribution in [0.5, 0.6) is 0 Å². The lowest BCUT2D eigenvalue weighted by atomic mass is 9.83. The van der Waals surface area contributed by atoms with Crippen LogP contribution in [0.1, 0.15) is 44.7 Å². The highest BCUT2D eigenvalue weighted by atomic mass is 32.8. The largest absolute Gasteiger partial charge is 0.473 e. The molecule has 0 radical (unpaired) electrons. The number of aromatic nitrogens is 1. The second-order valence-electron chi connectivity index (χ2n) is 7.70. The van der Waals surface area contributed by atoms with Gasteiger partial charge >= 0.3 is 11.9 Å². The number of pyridine rings is 1. The molecule has 2 N–H and O–H groups in total. The molecule has 3 aliphatic rings. The van der Waals surface area contributed by atoms with Crippen molar-refractivity contribution in [1.82, 2.24) is 4.98 Å². The lowest BCUT2D eigenvalue weighted by Gasteiger charge is -2.29. The predicted molar refractivity (Wildman–Crippen MR) is 117 cm³/mol. The lowest BCUT2D eigenvalue weighted by Crippen LogP contribution is -2.32. The fourth-order valence-electron chi connectivity index (χ4n) is 4.48. The van der Waals surface area contributed by atoms with Crippen molar-refractivity contribution in [3.8, 4) is 0 Å². The molecule has 4 rings (SSSR count). The molecule has 1 aromatic rings. The minimum Gasteiger partial charge on any atom is -0.473 e. The van der Waals surface area contributed by atoms with Crippen LogP contribution in [-0.4, -0.2) is 44.8 Å². The summed E-state index contributed by atoms with van der Waals surface area (Å²) in [7, 11) is -0.652. The van der Waals surface area contributed by atoms with E-state index in [0.29, 0.717) is 11.8 Å². The summed E-state index contributed by atoms with van der Waals surface area (Å²) in [5.74, 6) is -0.813. The van der Waals surface area contributed by atoms with E-state index in [1.54, 1.807) is 0 Å². The van der Waals surface area contributed by atoms with Crippen molar-refractivity contribution in [2.24, 2.45) is 26.5 Å². The SMILES string of the molecule is CCCC1=NS(=S)N=C1OC1CC2CC(Cc3ccccn3)C1C2.O=C(O)C(=O)O. The number of carbonyl (C=O) groups is 2. The Morgan fingerprint density at radius 3 is 2.57 bits per heavy atom. The molecule has 5 atom stereocenters. The molecule has 0 saturated heterocycles. The van der Waals surface area contributed by atoms with Crippen molar-refractivity contribution < 1.29 is 24.5 Å². The Morgan fingerprint density at radius 1 is 1.20 bits per heavy atom. The molecular weight excluding hydrogens is 426 g/mol. The zero-order chi connectivity index (χ0) is 21.7. The van der Waals surface area contributed by atoms with E-state index in [0.717, 1.165) is 43.2 Å². The number of carboxylic acids is 2. The second kappa shape index (κ2) is 10.2. The molecule has 162 valence electrons. The Kier molecular flexibility index (Phi) is 7.65. The molecule has 30 heavy (non-hydrogen) atoms. The first kappa shape index (κ1) is 22.5. The first-order valence-electron chi connectivity index (χ1n) is 9.98. The maximum Gasteiger partial charge on any atom is 0.414 e. The van der Waals surface area contributed by atoms with Crippen LogP contribution in [-0.2, 0) is 41.8 Å². The second-order valence-corrected chi connectivity index (χ2v) is 9.43. The first-order valence-corrected chi connectivity index (χ1v) is 12.0. The molecule has 10 heteroatoms. The third kappa shape index (κ3) is 5.69. The molecule has 5 unspecified atom stereocenters. The van der Waals surface area contributed by atoms with Gasteiger partial charge in [-0.25, -0.2) is 9.59 Å². The topological polar surface area (TPSA) is 121 Å². The molecule has 2 fully saturated rings. The molecule has 1 aliphatic heterocycles. The number of nitrogens with zero attached hydrogens (tertiary/aromatic N) is 3. The van der Waals surface area contributed by atoms with Gasteiger partial charge in [0.15, 0.2) is 0 Å². The molecule has 0 aromatic carbocycles. The predicted octanol–water partition coefficient (Wildman–Crippen LogP) is 2.77. The van der Waals surface area contributed by atoms with Crippen LogP contribution in [0, 0.1) is 17.8 Å². The van der Waals surface area contributed by atoms with Gasteiger partial charge in [-0.1, -0.05) is 19.4 Å². The quantitative estimate of drug-likeness (QED) is 0.660. The molecule has 2 saturated carbocycles. The van der Waals surface area contributed by atoms with Gasteiger partial charge in [0.1, 0.15) is 21.6 Å². The van der Waals surface area contributed by atoms with Gasteiger partial charge in [-0.05, 0) is 73.2 Å². The van der Waals surface area contributed by atoms with E-state index >= 15 is 0 Å². The van der Waals surface area contributed by atoms with Crippen LogP contribution in [0.25, 0.3) is 0 Å². The maximum absolute atomic E-state index is 9.10. The van der Waals surface area contributed by atoms with E-state index in [-0.39, 0.29) is 6.10 Å². The van der Waals surface area contributed by atoms with E-state index in [1.165, 1.54) is 18.5 Å². The monoisotopic (exact) mass is 451 g/mol. The number of carboxylic acid groups (broad SMARTS) is 2. The van der Waals surface area contributed by atoms with Crippen molar-refractivity contribution >= 4 is 44.6 Å². The zero-order valence-corrected chi connectivity index (χ0v) is 18.3.